The maximum absolute atomic E-state index is 12.1. The highest BCUT2D eigenvalue weighted by molar-refractivity contribution is 9.10. The molecular weight excluding hydrogens is 362 g/mol. The van der Waals surface area contributed by atoms with Gasteiger partial charge in [0.25, 0.3) is 5.91 Å². The Balaban J connectivity index is 2.05. The van der Waals surface area contributed by atoms with Crippen LogP contribution in [-0.2, 0) is 4.74 Å². The van der Waals surface area contributed by atoms with Crippen molar-refractivity contribution >= 4 is 33.6 Å². The first-order valence-electron chi connectivity index (χ1n) is 7.49. The van der Waals surface area contributed by atoms with Crippen molar-refractivity contribution in [2.45, 2.75) is 26.4 Å². The fourth-order valence-corrected chi connectivity index (χ4v) is 2.80. The van der Waals surface area contributed by atoms with Gasteiger partial charge in [-0.15, -0.1) is 0 Å². The second kappa shape index (κ2) is 6.78. The van der Waals surface area contributed by atoms with E-state index in [1.165, 1.54) is 0 Å². The van der Waals surface area contributed by atoms with Crippen molar-refractivity contribution < 1.29 is 14.3 Å². The minimum Gasteiger partial charge on any atom is -0.444 e. The molecule has 1 aliphatic heterocycles. The van der Waals surface area contributed by atoms with E-state index in [1.54, 1.807) is 11.0 Å². The summed E-state index contributed by atoms with van der Waals surface area (Å²) in [5, 5.41) is 0. The minimum atomic E-state index is -0.501. The molecule has 0 spiro atoms. The molecule has 0 radical (unpaired) electrons. The highest BCUT2D eigenvalue weighted by Gasteiger charge is 2.27. The average molecular weight is 384 g/mol. The van der Waals surface area contributed by atoms with Crippen LogP contribution in [-0.4, -0.2) is 48.7 Å². The highest BCUT2D eigenvalue weighted by atomic mass is 79.9. The SMILES string of the molecule is CC(C)(C)OC(=O)N1CCN(c2ccc(Br)cc2C(N)=O)CC1. The van der Waals surface area contributed by atoms with E-state index >= 15 is 0 Å². The van der Waals surface area contributed by atoms with Crippen LogP contribution in [0.3, 0.4) is 0 Å². The number of primary amides is 1. The van der Waals surface area contributed by atoms with Crippen molar-refractivity contribution in [2.24, 2.45) is 5.73 Å². The fourth-order valence-electron chi connectivity index (χ4n) is 2.44. The quantitative estimate of drug-likeness (QED) is 0.851. The maximum atomic E-state index is 12.1. The summed E-state index contributed by atoms with van der Waals surface area (Å²) in [6.45, 7) is 7.89. The molecule has 0 saturated carbocycles. The van der Waals surface area contributed by atoms with Crippen LogP contribution in [0.25, 0.3) is 0 Å². The zero-order valence-electron chi connectivity index (χ0n) is 13.6. The number of rotatable bonds is 2. The highest BCUT2D eigenvalue weighted by Crippen LogP contribution is 2.25. The smallest absolute Gasteiger partial charge is 0.410 e. The number of hydrogen-bond acceptors (Lipinski definition) is 4. The lowest BCUT2D eigenvalue weighted by atomic mass is 10.1. The number of amides is 2. The number of ether oxygens (including phenoxy) is 1. The van der Waals surface area contributed by atoms with Crippen molar-refractivity contribution in [3.63, 3.8) is 0 Å². The molecule has 23 heavy (non-hydrogen) atoms. The second-order valence-electron chi connectivity index (χ2n) is 6.48. The number of halogens is 1. The lowest BCUT2D eigenvalue weighted by molar-refractivity contribution is 0.0240. The van der Waals surface area contributed by atoms with Crippen molar-refractivity contribution in [2.75, 3.05) is 31.1 Å². The number of hydrogen-bond donors (Lipinski definition) is 1. The van der Waals surface area contributed by atoms with Crippen LogP contribution in [0, 0.1) is 0 Å². The predicted molar refractivity (Wildman–Crippen MR) is 92.7 cm³/mol. The van der Waals surface area contributed by atoms with Gasteiger partial charge < -0.3 is 20.3 Å². The van der Waals surface area contributed by atoms with Gasteiger partial charge in [0.2, 0.25) is 0 Å². The Bertz CT molecular complexity index is 605. The standard InChI is InChI=1S/C16H22BrN3O3/c1-16(2,3)23-15(22)20-8-6-19(7-9-20)13-5-4-11(17)10-12(13)14(18)21/h4-5,10H,6-9H2,1-3H3,(H2,18,21). The third-order valence-corrected chi connectivity index (χ3v) is 3.99. The number of benzene rings is 1. The van der Waals surface area contributed by atoms with E-state index < -0.39 is 11.5 Å². The molecule has 7 heteroatoms. The number of carbonyl (C=O) groups is 2. The zero-order chi connectivity index (χ0) is 17.2. The lowest BCUT2D eigenvalue weighted by Gasteiger charge is -2.37. The number of nitrogens with zero attached hydrogens (tertiary/aromatic N) is 2. The van der Waals surface area contributed by atoms with E-state index in [1.807, 2.05) is 32.9 Å². The minimum absolute atomic E-state index is 0.303. The number of anilines is 1. The van der Waals surface area contributed by atoms with Crippen LogP contribution in [0.2, 0.25) is 0 Å². The Morgan fingerprint density at radius 3 is 2.30 bits per heavy atom. The third kappa shape index (κ3) is 4.60. The molecule has 6 nitrogen and oxygen atoms in total. The molecule has 2 amide bonds. The molecular formula is C16H22BrN3O3. The summed E-state index contributed by atoms with van der Waals surface area (Å²) >= 11 is 3.35. The second-order valence-corrected chi connectivity index (χ2v) is 7.40. The summed E-state index contributed by atoms with van der Waals surface area (Å²) in [5.74, 6) is -0.462. The van der Waals surface area contributed by atoms with Gasteiger partial charge in [-0.05, 0) is 39.0 Å². The van der Waals surface area contributed by atoms with Gasteiger partial charge in [-0.1, -0.05) is 15.9 Å². The summed E-state index contributed by atoms with van der Waals surface area (Å²) in [5.41, 5.74) is 6.24. The summed E-state index contributed by atoms with van der Waals surface area (Å²) in [6.07, 6.45) is -0.303. The fraction of sp³-hybridized carbons (Fsp3) is 0.500. The molecule has 126 valence electrons. The largest absolute Gasteiger partial charge is 0.444 e. The first kappa shape index (κ1) is 17.6. The Labute approximate surface area is 144 Å². The maximum Gasteiger partial charge on any atom is 0.410 e. The van der Waals surface area contributed by atoms with E-state index in [0.717, 1.165) is 10.2 Å². The molecule has 1 fully saturated rings. The van der Waals surface area contributed by atoms with Gasteiger partial charge in [0.15, 0.2) is 0 Å². The van der Waals surface area contributed by atoms with Crippen LogP contribution in [0.5, 0.6) is 0 Å². The molecule has 2 N–H and O–H groups in total. The van der Waals surface area contributed by atoms with Gasteiger partial charge in [-0.25, -0.2) is 4.79 Å². The van der Waals surface area contributed by atoms with Gasteiger partial charge in [0.1, 0.15) is 5.60 Å². The van der Waals surface area contributed by atoms with E-state index in [0.29, 0.717) is 31.7 Å². The van der Waals surface area contributed by atoms with Crippen molar-refractivity contribution in [1.29, 1.82) is 0 Å². The lowest BCUT2D eigenvalue weighted by Crippen LogP contribution is -2.50. The third-order valence-electron chi connectivity index (χ3n) is 3.50. The molecule has 1 aliphatic rings. The number of carbonyl (C=O) groups excluding carboxylic acids is 2. The molecule has 2 rings (SSSR count). The van der Waals surface area contributed by atoms with E-state index in [4.69, 9.17) is 10.5 Å². The monoisotopic (exact) mass is 383 g/mol. The molecule has 0 bridgehead atoms. The Morgan fingerprint density at radius 1 is 1.17 bits per heavy atom. The number of piperazine rings is 1. The normalized spacial score (nSPS) is 15.5. The Kier molecular flexibility index (Phi) is 5.19. The summed E-state index contributed by atoms with van der Waals surface area (Å²) in [6, 6.07) is 5.47. The van der Waals surface area contributed by atoms with Gasteiger partial charge in [0.05, 0.1) is 5.56 Å². The molecule has 0 aliphatic carbocycles. The zero-order valence-corrected chi connectivity index (χ0v) is 15.2. The van der Waals surface area contributed by atoms with Crippen molar-refractivity contribution in [1.82, 2.24) is 4.90 Å². The van der Waals surface area contributed by atoms with Gasteiger partial charge >= 0.3 is 6.09 Å². The summed E-state index contributed by atoms with van der Waals surface area (Å²) < 4.78 is 6.19. The van der Waals surface area contributed by atoms with E-state index in [-0.39, 0.29) is 6.09 Å². The Morgan fingerprint density at radius 2 is 1.78 bits per heavy atom. The molecule has 0 atom stereocenters. The first-order chi connectivity index (χ1) is 10.7. The topological polar surface area (TPSA) is 75.9 Å². The predicted octanol–water partition coefficient (Wildman–Crippen LogP) is 2.61. The van der Waals surface area contributed by atoms with Gasteiger partial charge in [-0.3, -0.25) is 4.79 Å². The molecule has 1 aromatic rings. The van der Waals surface area contributed by atoms with E-state index in [9.17, 15) is 9.59 Å². The van der Waals surface area contributed by atoms with Crippen LogP contribution >= 0.6 is 15.9 Å². The number of nitrogens with two attached hydrogens (primary N) is 1. The molecule has 1 saturated heterocycles. The van der Waals surface area contributed by atoms with Crippen LogP contribution in [0.1, 0.15) is 31.1 Å². The van der Waals surface area contributed by atoms with Crippen LogP contribution < -0.4 is 10.6 Å². The average Bonchev–Trinajstić information content (AvgIpc) is 2.45. The van der Waals surface area contributed by atoms with Crippen LogP contribution in [0.15, 0.2) is 22.7 Å². The molecule has 0 aromatic heterocycles. The molecule has 1 aromatic carbocycles. The summed E-state index contributed by atoms with van der Waals surface area (Å²) in [4.78, 5) is 27.5. The van der Waals surface area contributed by atoms with Crippen molar-refractivity contribution in [3.05, 3.63) is 28.2 Å². The molecule has 1 heterocycles. The summed E-state index contributed by atoms with van der Waals surface area (Å²) in [7, 11) is 0. The van der Waals surface area contributed by atoms with Gasteiger partial charge in [-0.2, -0.15) is 0 Å². The van der Waals surface area contributed by atoms with Gasteiger partial charge in [0, 0.05) is 36.3 Å². The first-order valence-corrected chi connectivity index (χ1v) is 8.29. The van der Waals surface area contributed by atoms with E-state index in [2.05, 4.69) is 20.8 Å². The van der Waals surface area contributed by atoms with Crippen LogP contribution in [0.4, 0.5) is 10.5 Å². The van der Waals surface area contributed by atoms with Crippen molar-refractivity contribution in [3.8, 4) is 0 Å². The molecule has 0 unspecified atom stereocenters. The Hall–Kier alpha value is -1.76.